The van der Waals surface area contributed by atoms with E-state index in [-0.39, 0.29) is 29.1 Å². The first-order valence-electron chi connectivity index (χ1n) is 7.87. The third-order valence-corrected chi connectivity index (χ3v) is 5.56. The van der Waals surface area contributed by atoms with Crippen LogP contribution >= 0.6 is 0 Å². The highest BCUT2D eigenvalue weighted by atomic mass is 32.2. The van der Waals surface area contributed by atoms with Gasteiger partial charge in [0.1, 0.15) is 0 Å². The fraction of sp³-hybridized carbons (Fsp3) is 0.600. The van der Waals surface area contributed by atoms with Gasteiger partial charge in [-0.15, -0.1) is 0 Å². The van der Waals surface area contributed by atoms with Crippen LogP contribution in [0.2, 0.25) is 0 Å². The number of morpholine rings is 1. The van der Waals surface area contributed by atoms with Gasteiger partial charge in [0.05, 0.1) is 23.0 Å². The Bertz CT molecular complexity index is 654. The second-order valence-corrected chi connectivity index (χ2v) is 7.83. The Morgan fingerprint density at radius 3 is 2.33 bits per heavy atom. The molecule has 1 atom stereocenters. The number of sulfonamides is 1. The summed E-state index contributed by atoms with van der Waals surface area (Å²) in [5.41, 5.74) is -0.137. The second kappa shape index (κ2) is 8.02. The molecule has 9 heteroatoms. The number of rotatable bonds is 7. The van der Waals surface area contributed by atoms with Crippen LogP contribution < -0.4 is 4.72 Å². The molecule has 1 heterocycles. The van der Waals surface area contributed by atoms with Crippen LogP contribution in [-0.2, 0) is 14.8 Å². The molecule has 1 saturated heterocycles. The zero-order valence-corrected chi connectivity index (χ0v) is 14.7. The normalized spacial score (nSPS) is 17.8. The molecule has 1 N–H and O–H groups in total. The van der Waals surface area contributed by atoms with Gasteiger partial charge in [0.2, 0.25) is 10.0 Å². The maximum Gasteiger partial charge on any atom is 0.269 e. The van der Waals surface area contributed by atoms with E-state index in [1.54, 1.807) is 0 Å². The van der Waals surface area contributed by atoms with Crippen LogP contribution in [0.1, 0.15) is 13.8 Å². The zero-order valence-electron chi connectivity index (χ0n) is 13.8. The van der Waals surface area contributed by atoms with E-state index < -0.39 is 14.9 Å². The molecule has 1 aromatic rings. The van der Waals surface area contributed by atoms with Gasteiger partial charge in [0.15, 0.2) is 0 Å². The molecule has 1 aromatic carbocycles. The smallest absolute Gasteiger partial charge is 0.269 e. The van der Waals surface area contributed by atoms with E-state index in [4.69, 9.17) is 4.74 Å². The minimum absolute atomic E-state index is 0.0255. The molecule has 2 rings (SSSR count). The maximum absolute atomic E-state index is 12.4. The number of nitrogens with zero attached hydrogens (tertiary/aromatic N) is 2. The first kappa shape index (κ1) is 18.8. The lowest BCUT2D eigenvalue weighted by Gasteiger charge is -2.36. The zero-order chi connectivity index (χ0) is 17.7. The number of nitro groups is 1. The largest absolute Gasteiger partial charge is 0.379 e. The number of nitro benzene ring substituents is 1. The van der Waals surface area contributed by atoms with Crippen LogP contribution in [0.15, 0.2) is 29.2 Å². The van der Waals surface area contributed by atoms with E-state index in [2.05, 4.69) is 23.5 Å². The fourth-order valence-corrected chi connectivity index (χ4v) is 3.77. The first-order valence-corrected chi connectivity index (χ1v) is 9.35. The van der Waals surface area contributed by atoms with Crippen LogP contribution in [0.4, 0.5) is 5.69 Å². The molecule has 0 spiro atoms. The number of benzene rings is 1. The van der Waals surface area contributed by atoms with Crippen molar-refractivity contribution in [1.29, 1.82) is 0 Å². The van der Waals surface area contributed by atoms with Crippen LogP contribution in [0.5, 0.6) is 0 Å². The van der Waals surface area contributed by atoms with Crippen molar-refractivity contribution in [3.8, 4) is 0 Å². The average Bonchev–Trinajstić information content (AvgIpc) is 2.55. The molecule has 0 aliphatic carbocycles. The molecule has 0 radical (unpaired) electrons. The monoisotopic (exact) mass is 357 g/mol. The molecular formula is C15H23N3O5S. The summed E-state index contributed by atoms with van der Waals surface area (Å²) in [6, 6.07) is 4.95. The Morgan fingerprint density at radius 2 is 1.83 bits per heavy atom. The molecule has 0 bridgehead atoms. The summed E-state index contributed by atoms with van der Waals surface area (Å²) >= 11 is 0. The van der Waals surface area contributed by atoms with Gasteiger partial charge >= 0.3 is 0 Å². The molecule has 24 heavy (non-hydrogen) atoms. The lowest BCUT2D eigenvalue weighted by molar-refractivity contribution is -0.384. The molecule has 1 aliphatic rings. The van der Waals surface area contributed by atoms with Crippen molar-refractivity contribution < 1.29 is 18.1 Å². The highest BCUT2D eigenvalue weighted by Gasteiger charge is 2.26. The Balaban J connectivity index is 2.05. The van der Waals surface area contributed by atoms with Gasteiger partial charge < -0.3 is 4.74 Å². The molecule has 1 fully saturated rings. The topological polar surface area (TPSA) is 102 Å². The summed E-state index contributed by atoms with van der Waals surface area (Å²) in [6.45, 7) is 7.26. The third kappa shape index (κ3) is 4.73. The predicted octanol–water partition coefficient (Wildman–Crippen LogP) is 1.23. The van der Waals surface area contributed by atoms with Crippen molar-refractivity contribution in [3.05, 3.63) is 34.4 Å². The Hall–Kier alpha value is -1.55. The number of ether oxygens (including phenoxy) is 1. The highest BCUT2D eigenvalue weighted by Crippen LogP contribution is 2.17. The Labute approximate surface area is 142 Å². The lowest BCUT2D eigenvalue weighted by atomic mass is 10.0. The minimum Gasteiger partial charge on any atom is -0.379 e. The van der Waals surface area contributed by atoms with Gasteiger partial charge in [-0.1, -0.05) is 13.8 Å². The van der Waals surface area contributed by atoms with E-state index in [1.807, 2.05) is 0 Å². The summed E-state index contributed by atoms with van der Waals surface area (Å²) in [6.07, 6.45) is 0. The van der Waals surface area contributed by atoms with E-state index in [0.29, 0.717) is 13.2 Å². The number of hydrogen-bond acceptors (Lipinski definition) is 6. The van der Waals surface area contributed by atoms with E-state index in [9.17, 15) is 18.5 Å². The lowest BCUT2D eigenvalue weighted by Crippen LogP contribution is -2.51. The molecule has 1 unspecified atom stereocenters. The van der Waals surface area contributed by atoms with Crippen LogP contribution in [0.3, 0.4) is 0 Å². The van der Waals surface area contributed by atoms with Gasteiger partial charge in [-0.25, -0.2) is 13.1 Å². The van der Waals surface area contributed by atoms with Gasteiger partial charge in [0, 0.05) is 37.8 Å². The minimum atomic E-state index is -3.70. The average molecular weight is 357 g/mol. The van der Waals surface area contributed by atoms with Gasteiger partial charge in [-0.3, -0.25) is 15.0 Å². The SMILES string of the molecule is CC(C)C(CNS(=O)(=O)c1ccc([N+](=O)[O-])cc1)N1CCOCC1. The molecule has 1 aliphatic heterocycles. The summed E-state index contributed by atoms with van der Waals surface area (Å²) in [5, 5.41) is 10.7. The molecular weight excluding hydrogens is 334 g/mol. The second-order valence-electron chi connectivity index (χ2n) is 6.06. The molecule has 8 nitrogen and oxygen atoms in total. The van der Waals surface area contributed by atoms with Crippen LogP contribution in [-0.4, -0.2) is 57.1 Å². The van der Waals surface area contributed by atoms with Gasteiger partial charge in [-0.05, 0) is 18.1 Å². The number of hydrogen-bond donors (Lipinski definition) is 1. The van der Waals surface area contributed by atoms with E-state index in [0.717, 1.165) is 13.1 Å². The van der Waals surface area contributed by atoms with Crippen molar-refractivity contribution >= 4 is 15.7 Å². The fourth-order valence-electron chi connectivity index (χ4n) is 2.72. The summed E-state index contributed by atoms with van der Waals surface area (Å²) < 4.78 is 32.8. The van der Waals surface area contributed by atoms with Gasteiger partial charge in [-0.2, -0.15) is 0 Å². The molecule has 134 valence electrons. The maximum atomic E-state index is 12.4. The summed E-state index contributed by atoms with van der Waals surface area (Å²) in [4.78, 5) is 12.3. The Kier molecular flexibility index (Phi) is 6.27. The van der Waals surface area contributed by atoms with Crippen molar-refractivity contribution in [2.24, 2.45) is 5.92 Å². The highest BCUT2D eigenvalue weighted by molar-refractivity contribution is 7.89. The molecule has 0 saturated carbocycles. The van der Waals surface area contributed by atoms with Crippen LogP contribution in [0, 0.1) is 16.0 Å². The quantitative estimate of drug-likeness (QED) is 0.582. The summed E-state index contributed by atoms with van der Waals surface area (Å²) in [7, 11) is -3.70. The van der Waals surface area contributed by atoms with Crippen LogP contribution in [0.25, 0.3) is 0 Å². The Morgan fingerprint density at radius 1 is 1.25 bits per heavy atom. The van der Waals surface area contributed by atoms with E-state index in [1.165, 1.54) is 24.3 Å². The van der Waals surface area contributed by atoms with E-state index >= 15 is 0 Å². The van der Waals surface area contributed by atoms with Crippen molar-refractivity contribution in [2.75, 3.05) is 32.8 Å². The van der Waals surface area contributed by atoms with Crippen molar-refractivity contribution in [3.63, 3.8) is 0 Å². The van der Waals surface area contributed by atoms with Gasteiger partial charge in [0.25, 0.3) is 5.69 Å². The third-order valence-electron chi connectivity index (χ3n) is 4.12. The number of non-ortho nitro benzene ring substituents is 1. The summed E-state index contributed by atoms with van der Waals surface area (Å²) in [5.74, 6) is 0.280. The number of nitrogens with one attached hydrogen (secondary N) is 1. The molecule has 0 aromatic heterocycles. The van der Waals surface area contributed by atoms with Crippen molar-refractivity contribution in [2.45, 2.75) is 24.8 Å². The first-order chi connectivity index (χ1) is 11.3. The predicted molar refractivity (Wildman–Crippen MR) is 89.3 cm³/mol. The van der Waals surface area contributed by atoms with Crippen molar-refractivity contribution in [1.82, 2.24) is 9.62 Å². The molecule has 0 amide bonds. The standard InChI is InChI=1S/C15H23N3O5S/c1-12(2)15(17-7-9-23-10-8-17)11-16-24(21,22)14-5-3-13(4-6-14)18(19)20/h3-6,12,15-16H,7-11H2,1-2H3.